The van der Waals surface area contributed by atoms with E-state index in [0.29, 0.717) is 6.07 Å². The van der Waals surface area contributed by atoms with Gasteiger partial charge in [0.15, 0.2) is 17.2 Å². The Balaban J connectivity index is 3.42. The number of methoxy groups -OCH3 is 1. The Morgan fingerprint density at radius 3 is 2.20 bits per heavy atom. The summed E-state index contributed by atoms with van der Waals surface area (Å²) in [6.45, 7) is 0. The smallest absolute Gasteiger partial charge is 0.494 e. The maximum atomic E-state index is 12.6. The minimum absolute atomic E-state index is 0.399. The molecule has 0 amide bonds. The van der Waals surface area contributed by atoms with E-state index in [1.807, 2.05) is 0 Å². The second-order valence-electron chi connectivity index (χ2n) is 3.36. The summed E-state index contributed by atoms with van der Waals surface area (Å²) in [5, 5.41) is 8.42. The summed E-state index contributed by atoms with van der Waals surface area (Å²) >= 11 is 0. The topological polar surface area (TPSA) is 55.1 Å². The molecule has 0 fully saturated rings. The Kier molecular flexibility index (Phi) is 4.32. The lowest BCUT2D eigenvalue weighted by Crippen LogP contribution is -2.20. The van der Waals surface area contributed by atoms with E-state index in [4.69, 9.17) is 5.26 Å². The molecule has 0 unspecified atom stereocenters. The van der Waals surface area contributed by atoms with Gasteiger partial charge in [-0.15, -0.1) is 13.2 Å². The van der Waals surface area contributed by atoms with E-state index in [-0.39, 0.29) is 0 Å². The van der Waals surface area contributed by atoms with Gasteiger partial charge in [0.25, 0.3) is 0 Å². The van der Waals surface area contributed by atoms with Crippen molar-refractivity contribution < 1.29 is 35.8 Å². The van der Waals surface area contributed by atoms with E-state index in [0.717, 1.165) is 7.11 Å². The lowest BCUT2D eigenvalue weighted by molar-refractivity contribution is -0.275. The first-order valence-electron chi connectivity index (χ1n) is 4.86. The highest BCUT2D eigenvalue weighted by Gasteiger charge is 2.39. The van der Waals surface area contributed by atoms with Crippen molar-refractivity contribution in [3.05, 3.63) is 17.5 Å². The molecule has 0 N–H and O–H groups in total. The monoisotopic (exact) mass is 300 g/mol. The van der Waals surface area contributed by atoms with Crippen LogP contribution in [-0.4, -0.2) is 18.5 Å². The zero-order chi connectivity index (χ0) is 15.6. The average molecular weight is 300 g/mol. The Morgan fingerprint density at radius 2 is 1.80 bits per heavy atom. The molecule has 0 aliphatic carbocycles. The van der Waals surface area contributed by atoms with E-state index in [9.17, 15) is 26.3 Å². The fraction of sp³-hybridized carbons (Fsp3) is 0.400. The third-order valence-corrected chi connectivity index (χ3v) is 1.99. The van der Waals surface area contributed by atoms with Crippen LogP contribution >= 0.6 is 0 Å². The van der Waals surface area contributed by atoms with Crippen molar-refractivity contribution in [2.24, 2.45) is 0 Å². The molecule has 0 aliphatic heterocycles. The van der Waals surface area contributed by atoms with Gasteiger partial charge in [-0.3, -0.25) is 0 Å². The van der Waals surface area contributed by atoms with Crippen LogP contribution in [0.2, 0.25) is 0 Å². The van der Waals surface area contributed by atoms with Crippen LogP contribution in [0, 0.1) is 11.3 Å². The molecule has 0 aromatic carbocycles. The molecule has 20 heavy (non-hydrogen) atoms. The number of halogens is 6. The van der Waals surface area contributed by atoms with Crippen LogP contribution in [0.1, 0.15) is 11.4 Å². The summed E-state index contributed by atoms with van der Waals surface area (Å²) in [4.78, 5) is 2.99. The number of pyridine rings is 1. The van der Waals surface area contributed by atoms with Gasteiger partial charge in [0.2, 0.25) is 0 Å². The van der Waals surface area contributed by atoms with E-state index in [2.05, 4.69) is 14.5 Å². The minimum Gasteiger partial charge on any atom is -0.494 e. The number of nitriles is 1. The first-order valence-corrected chi connectivity index (χ1v) is 4.86. The van der Waals surface area contributed by atoms with E-state index >= 15 is 0 Å². The van der Waals surface area contributed by atoms with E-state index in [1.54, 1.807) is 0 Å². The predicted octanol–water partition coefficient (Wildman–Crippen LogP) is 3.07. The maximum absolute atomic E-state index is 12.6. The number of rotatable bonds is 3. The fourth-order valence-corrected chi connectivity index (χ4v) is 1.29. The van der Waals surface area contributed by atoms with Gasteiger partial charge in [0.1, 0.15) is 0 Å². The van der Waals surface area contributed by atoms with Crippen molar-refractivity contribution in [3.8, 4) is 17.6 Å². The standard InChI is InChI=1S/C10H6F6N2O2/c1-19-7-4-6(20-10(14,15)16)5(2-3-17)18-8(7)9(11,12)13/h4H,2H2,1H3. The molecule has 10 heteroatoms. The lowest BCUT2D eigenvalue weighted by atomic mass is 10.2. The summed E-state index contributed by atoms with van der Waals surface area (Å²) < 4.78 is 82.2. The molecule has 0 spiro atoms. The van der Waals surface area contributed by atoms with Crippen molar-refractivity contribution in [3.63, 3.8) is 0 Å². The molecular formula is C10H6F6N2O2. The van der Waals surface area contributed by atoms with Crippen LogP contribution < -0.4 is 9.47 Å². The number of ether oxygens (including phenoxy) is 2. The Bertz CT molecular complexity index is 532. The zero-order valence-electron chi connectivity index (χ0n) is 9.76. The molecule has 0 aliphatic rings. The van der Waals surface area contributed by atoms with Crippen LogP contribution in [0.15, 0.2) is 6.07 Å². The molecule has 4 nitrogen and oxygen atoms in total. The van der Waals surface area contributed by atoms with Gasteiger partial charge >= 0.3 is 12.5 Å². The summed E-state index contributed by atoms with van der Waals surface area (Å²) in [6, 6.07) is 1.81. The second-order valence-corrected chi connectivity index (χ2v) is 3.36. The van der Waals surface area contributed by atoms with Gasteiger partial charge in [-0.1, -0.05) is 0 Å². The molecule has 1 aromatic rings. The van der Waals surface area contributed by atoms with Crippen molar-refractivity contribution >= 4 is 0 Å². The third-order valence-electron chi connectivity index (χ3n) is 1.99. The van der Waals surface area contributed by atoms with Crippen molar-refractivity contribution in [1.29, 1.82) is 5.26 Å². The van der Waals surface area contributed by atoms with Crippen LogP contribution in [0.3, 0.4) is 0 Å². The SMILES string of the molecule is COc1cc(OC(F)(F)F)c(CC#N)nc1C(F)(F)F. The van der Waals surface area contributed by atoms with E-state index < -0.39 is 41.8 Å². The van der Waals surface area contributed by atoms with Crippen LogP contribution in [-0.2, 0) is 12.6 Å². The van der Waals surface area contributed by atoms with Crippen molar-refractivity contribution in [2.75, 3.05) is 7.11 Å². The number of hydrogen-bond donors (Lipinski definition) is 0. The van der Waals surface area contributed by atoms with Crippen LogP contribution in [0.4, 0.5) is 26.3 Å². The molecule has 1 rings (SSSR count). The molecule has 110 valence electrons. The summed E-state index contributed by atoms with van der Waals surface area (Å²) in [5.41, 5.74) is -2.31. The summed E-state index contributed by atoms with van der Waals surface area (Å²) in [5.74, 6) is -1.94. The summed E-state index contributed by atoms with van der Waals surface area (Å²) in [7, 11) is 0.841. The Labute approximate surface area is 108 Å². The maximum Gasteiger partial charge on any atom is 0.573 e. The predicted molar refractivity (Wildman–Crippen MR) is 51.8 cm³/mol. The lowest BCUT2D eigenvalue weighted by Gasteiger charge is -2.16. The number of nitrogens with zero attached hydrogens (tertiary/aromatic N) is 2. The van der Waals surface area contributed by atoms with Gasteiger partial charge in [-0.05, 0) is 0 Å². The van der Waals surface area contributed by atoms with Gasteiger partial charge in [0.05, 0.1) is 25.3 Å². The highest BCUT2D eigenvalue weighted by molar-refractivity contribution is 5.42. The van der Waals surface area contributed by atoms with Crippen molar-refractivity contribution in [1.82, 2.24) is 4.98 Å². The summed E-state index contributed by atoms with van der Waals surface area (Å²) in [6.07, 6.45) is -10.8. The largest absolute Gasteiger partial charge is 0.573 e. The molecule has 0 atom stereocenters. The van der Waals surface area contributed by atoms with Gasteiger partial charge in [-0.25, -0.2) is 4.98 Å². The van der Waals surface area contributed by atoms with Crippen LogP contribution in [0.25, 0.3) is 0 Å². The van der Waals surface area contributed by atoms with Crippen LogP contribution in [0.5, 0.6) is 11.5 Å². The average Bonchev–Trinajstić information content (AvgIpc) is 2.27. The third kappa shape index (κ3) is 3.91. The molecule has 1 heterocycles. The highest BCUT2D eigenvalue weighted by atomic mass is 19.4. The second kappa shape index (κ2) is 5.44. The normalized spacial score (nSPS) is 11.9. The van der Waals surface area contributed by atoms with E-state index in [1.165, 1.54) is 6.07 Å². The number of alkyl halides is 6. The van der Waals surface area contributed by atoms with Gasteiger partial charge < -0.3 is 9.47 Å². The fourth-order valence-electron chi connectivity index (χ4n) is 1.29. The minimum atomic E-state index is -5.13. The number of hydrogen-bond acceptors (Lipinski definition) is 4. The molecule has 0 saturated carbocycles. The molecule has 1 aromatic heterocycles. The van der Waals surface area contributed by atoms with Gasteiger partial charge in [-0.2, -0.15) is 18.4 Å². The molecule has 0 bridgehead atoms. The molecule has 0 saturated heterocycles. The molecule has 0 radical (unpaired) electrons. The quantitative estimate of drug-likeness (QED) is 0.805. The van der Waals surface area contributed by atoms with Crippen molar-refractivity contribution in [2.45, 2.75) is 19.0 Å². The molecular weight excluding hydrogens is 294 g/mol. The Hall–Kier alpha value is -2.18. The Morgan fingerprint density at radius 1 is 1.20 bits per heavy atom. The zero-order valence-corrected chi connectivity index (χ0v) is 9.76. The van der Waals surface area contributed by atoms with Gasteiger partial charge in [0, 0.05) is 6.07 Å². The first-order chi connectivity index (χ1) is 9.08. The highest BCUT2D eigenvalue weighted by Crippen LogP contribution is 2.39. The first kappa shape index (κ1) is 15.9. The number of aromatic nitrogens is 1.